The molecule has 0 unspecified atom stereocenters. The molecule has 2 aromatic carbocycles. The van der Waals surface area contributed by atoms with Crippen LogP contribution in [0.1, 0.15) is 53.5 Å². The lowest BCUT2D eigenvalue weighted by Crippen LogP contribution is -2.56. The molecule has 2 saturated heterocycles. The summed E-state index contributed by atoms with van der Waals surface area (Å²) in [5.41, 5.74) is 13.6. The van der Waals surface area contributed by atoms with Gasteiger partial charge in [0.15, 0.2) is 5.78 Å². The number of nitrogens with zero attached hydrogens (tertiary/aromatic N) is 2. The summed E-state index contributed by atoms with van der Waals surface area (Å²) >= 11 is 0. The Morgan fingerprint density at radius 1 is 1.12 bits per heavy atom. The average molecular weight is 445 g/mol. The zero-order chi connectivity index (χ0) is 22.9. The van der Waals surface area contributed by atoms with Gasteiger partial charge in [0.1, 0.15) is 0 Å². The molecule has 0 bridgehead atoms. The highest BCUT2D eigenvalue weighted by Gasteiger charge is 2.40. The minimum Gasteiger partial charge on any atom is -0.399 e. The monoisotopic (exact) mass is 444 g/mol. The average Bonchev–Trinajstić information content (AvgIpc) is 3.16. The maximum atomic E-state index is 13.8. The largest absolute Gasteiger partial charge is 0.399 e. The molecule has 0 saturated carbocycles. The van der Waals surface area contributed by atoms with Gasteiger partial charge in [-0.3, -0.25) is 9.69 Å². The molecule has 3 aliphatic rings. The van der Waals surface area contributed by atoms with Gasteiger partial charge in [-0.05, 0) is 41.8 Å². The van der Waals surface area contributed by atoms with Crippen LogP contribution >= 0.6 is 0 Å². The van der Waals surface area contributed by atoms with Gasteiger partial charge in [-0.15, -0.1) is 0 Å². The van der Waals surface area contributed by atoms with Gasteiger partial charge in [0.05, 0.1) is 24.8 Å². The van der Waals surface area contributed by atoms with E-state index in [9.17, 15) is 4.79 Å². The Morgan fingerprint density at radius 3 is 2.55 bits per heavy atom. The molecule has 6 rings (SSSR count). The molecule has 0 radical (unpaired) electrons. The first-order chi connectivity index (χ1) is 15.9. The molecule has 6 nitrogen and oxygen atoms in total. The number of benzene rings is 2. The summed E-state index contributed by atoms with van der Waals surface area (Å²) in [7, 11) is 0. The smallest absolute Gasteiger partial charge is 0.195 e. The Bertz CT molecular complexity index is 1260. The normalized spacial score (nSPS) is 20.6. The van der Waals surface area contributed by atoms with Gasteiger partial charge >= 0.3 is 0 Å². The summed E-state index contributed by atoms with van der Waals surface area (Å²) in [4.78, 5) is 22.4. The fraction of sp³-hybridized carbons (Fsp3) is 0.444. The minimum atomic E-state index is -0.307. The molecular formula is C27H32N4O2. The Labute approximate surface area is 194 Å². The SMILES string of the molecule is CCc1cc2c(cc1N1CCN(C3COC3)CC1)C(C)(C)c1[nH]c3cc(N)ccc3c1C2=O. The zero-order valence-electron chi connectivity index (χ0n) is 19.7. The van der Waals surface area contributed by atoms with Crippen molar-refractivity contribution in [2.75, 3.05) is 50.0 Å². The third-order valence-electron chi connectivity index (χ3n) is 7.98. The second-order valence-electron chi connectivity index (χ2n) is 10.2. The number of hydrogen-bond donors (Lipinski definition) is 2. The van der Waals surface area contributed by atoms with E-state index >= 15 is 0 Å². The van der Waals surface area contributed by atoms with E-state index in [0.29, 0.717) is 11.7 Å². The number of ether oxygens (including phenoxy) is 1. The van der Waals surface area contributed by atoms with Gasteiger partial charge in [0.2, 0.25) is 0 Å². The number of rotatable bonds is 3. The van der Waals surface area contributed by atoms with Crippen LogP contribution in [0.3, 0.4) is 0 Å². The number of anilines is 2. The van der Waals surface area contributed by atoms with E-state index in [1.54, 1.807) is 0 Å². The first-order valence-electron chi connectivity index (χ1n) is 12.1. The number of ketones is 1. The second kappa shape index (κ2) is 7.34. The summed E-state index contributed by atoms with van der Waals surface area (Å²) < 4.78 is 5.39. The van der Waals surface area contributed by atoms with Crippen LogP contribution in [0.4, 0.5) is 11.4 Å². The van der Waals surface area contributed by atoms with Crippen molar-refractivity contribution in [3.8, 4) is 0 Å². The third-order valence-corrected chi connectivity index (χ3v) is 7.98. The number of piperazine rings is 1. The van der Waals surface area contributed by atoms with Crippen molar-refractivity contribution in [1.82, 2.24) is 9.88 Å². The molecule has 2 aliphatic heterocycles. The van der Waals surface area contributed by atoms with Crippen LogP contribution in [0.5, 0.6) is 0 Å². The van der Waals surface area contributed by atoms with Gasteiger partial charge in [0, 0.05) is 65.1 Å². The maximum absolute atomic E-state index is 13.8. The van der Waals surface area contributed by atoms with E-state index in [4.69, 9.17) is 10.5 Å². The molecular weight excluding hydrogens is 412 g/mol. The minimum absolute atomic E-state index is 0.117. The fourth-order valence-electron chi connectivity index (χ4n) is 5.87. The number of H-pyrrole nitrogens is 1. The molecule has 0 atom stereocenters. The lowest BCUT2D eigenvalue weighted by molar-refractivity contribution is -0.0660. The van der Waals surface area contributed by atoms with E-state index in [2.05, 4.69) is 47.7 Å². The quantitative estimate of drug-likeness (QED) is 0.603. The van der Waals surface area contributed by atoms with Crippen molar-refractivity contribution in [3.63, 3.8) is 0 Å². The van der Waals surface area contributed by atoms with Crippen molar-refractivity contribution in [1.29, 1.82) is 0 Å². The zero-order valence-corrected chi connectivity index (χ0v) is 19.7. The van der Waals surface area contributed by atoms with Crippen molar-refractivity contribution < 1.29 is 9.53 Å². The van der Waals surface area contributed by atoms with Crippen molar-refractivity contribution in [2.24, 2.45) is 0 Å². The molecule has 6 heteroatoms. The van der Waals surface area contributed by atoms with Gasteiger partial charge in [-0.1, -0.05) is 26.8 Å². The predicted molar refractivity (Wildman–Crippen MR) is 132 cm³/mol. The van der Waals surface area contributed by atoms with Crippen LogP contribution in [0.2, 0.25) is 0 Å². The van der Waals surface area contributed by atoms with E-state index in [1.807, 2.05) is 18.2 Å². The summed E-state index contributed by atoms with van der Waals surface area (Å²) in [6.45, 7) is 12.5. The predicted octanol–water partition coefficient (Wildman–Crippen LogP) is 3.70. The number of nitrogens with two attached hydrogens (primary N) is 1. The molecule has 0 spiro atoms. The summed E-state index contributed by atoms with van der Waals surface area (Å²) in [6, 6.07) is 10.8. The van der Waals surface area contributed by atoms with Crippen LogP contribution in [0.25, 0.3) is 10.9 Å². The van der Waals surface area contributed by atoms with Gasteiger partial charge < -0.3 is 20.4 Å². The number of fused-ring (bicyclic) bond motifs is 4. The molecule has 3 heterocycles. The van der Waals surface area contributed by atoms with Crippen molar-refractivity contribution in [2.45, 2.75) is 38.6 Å². The fourth-order valence-corrected chi connectivity index (χ4v) is 5.87. The molecule has 0 amide bonds. The third kappa shape index (κ3) is 3.04. The lowest BCUT2D eigenvalue weighted by Gasteiger charge is -2.44. The lowest BCUT2D eigenvalue weighted by atomic mass is 9.70. The van der Waals surface area contributed by atoms with Crippen LogP contribution < -0.4 is 10.6 Å². The summed E-state index contributed by atoms with van der Waals surface area (Å²) in [5.74, 6) is 0.117. The van der Waals surface area contributed by atoms with Crippen LogP contribution in [0, 0.1) is 0 Å². The number of carbonyl (C=O) groups excluding carboxylic acids is 1. The first-order valence-corrected chi connectivity index (χ1v) is 12.1. The number of aromatic amines is 1. The van der Waals surface area contributed by atoms with Crippen molar-refractivity contribution >= 4 is 28.1 Å². The van der Waals surface area contributed by atoms with E-state index in [0.717, 1.165) is 79.1 Å². The molecule has 3 aromatic rings. The maximum Gasteiger partial charge on any atom is 0.195 e. The van der Waals surface area contributed by atoms with E-state index in [1.165, 1.54) is 11.3 Å². The van der Waals surface area contributed by atoms with Crippen molar-refractivity contribution in [3.05, 3.63) is 58.3 Å². The number of nitrogens with one attached hydrogen (secondary N) is 1. The molecule has 2 fully saturated rings. The highest BCUT2D eigenvalue weighted by atomic mass is 16.5. The van der Waals surface area contributed by atoms with E-state index in [-0.39, 0.29) is 11.2 Å². The second-order valence-corrected chi connectivity index (χ2v) is 10.2. The highest BCUT2D eigenvalue weighted by molar-refractivity contribution is 6.20. The molecule has 1 aromatic heterocycles. The standard InChI is InChI=1S/C27H32N4O2/c1-4-16-11-20-21(13-23(16)31-9-7-30(8-10-31)18-14-33-15-18)27(2,3)26-24(25(20)32)19-6-5-17(28)12-22(19)29-26/h5-6,11-13,18,29H,4,7-10,14-15,28H2,1-3H3. The molecule has 1 aliphatic carbocycles. The van der Waals surface area contributed by atoms with E-state index < -0.39 is 0 Å². The van der Waals surface area contributed by atoms with Gasteiger partial charge in [-0.2, -0.15) is 0 Å². The van der Waals surface area contributed by atoms with Gasteiger partial charge in [-0.25, -0.2) is 0 Å². The Hall–Kier alpha value is -2.83. The summed E-state index contributed by atoms with van der Waals surface area (Å²) in [5, 5.41) is 0.959. The number of nitrogen functional groups attached to an aromatic ring is 1. The topological polar surface area (TPSA) is 74.6 Å². The highest BCUT2D eigenvalue weighted by Crippen LogP contribution is 2.46. The van der Waals surface area contributed by atoms with Gasteiger partial charge in [0.25, 0.3) is 0 Å². The van der Waals surface area contributed by atoms with Crippen LogP contribution in [-0.4, -0.2) is 61.1 Å². The first kappa shape index (κ1) is 20.8. The molecule has 172 valence electrons. The number of hydrogen-bond acceptors (Lipinski definition) is 5. The Morgan fingerprint density at radius 2 is 1.88 bits per heavy atom. The molecule has 3 N–H and O–H groups in total. The van der Waals surface area contributed by atoms with Crippen LogP contribution in [0.15, 0.2) is 30.3 Å². The number of aryl methyl sites for hydroxylation is 1. The Balaban J connectivity index is 1.42. The van der Waals surface area contributed by atoms with Crippen LogP contribution in [-0.2, 0) is 16.6 Å². The number of carbonyl (C=O) groups is 1. The Kier molecular flexibility index (Phi) is 4.61. The summed E-state index contributed by atoms with van der Waals surface area (Å²) in [6.07, 6.45) is 0.907. The number of aromatic nitrogens is 1. The molecule has 33 heavy (non-hydrogen) atoms.